The fourth-order valence-electron chi connectivity index (χ4n) is 3.23. The number of nitrogens with one attached hydrogen (secondary N) is 3. The quantitative estimate of drug-likeness (QED) is 0.427. The lowest BCUT2D eigenvalue weighted by Gasteiger charge is -2.30. The minimum Gasteiger partial charge on any atom is -0.354 e. The second-order valence-corrected chi connectivity index (χ2v) is 6.72. The zero-order valence-electron chi connectivity index (χ0n) is 17.7. The van der Waals surface area contributed by atoms with Crippen LogP contribution in [-0.4, -0.2) is 50.0 Å². The number of carbonyl (C=O) groups is 1. The first kappa shape index (κ1) is 22.4. The average molecular weight is 396 g/mol. The molecule has 0 radical (unpaired) electrons. The summed E-state index contributed by atoms with van der Waals surface area (Å²) < 4.78 is 0. The third-order valence-corrected chi connectivity index (χ3v) is 4.87. The Morgan fingerprint density at radius 1 is 0.931 bits per heavy atom. The Hall–Kier alpha value is -2.86. The van der Waals surface area contributed by atoms with Gasteiger partial charge in [-0.2, -0.15) is 0 Å². The molecule has 29 heavy (non-hydrogen) atoms. The van der Waals surface area contributed by atoms with Crippen LogP contribution < -0.4 is 16.0 Å². The van der Waals surface area contributed by atoms with Crippen LogP contribution in [0.3, 0.4) is 0 Å². The second kappa shape index (κ2) is 12.6. The number of likely N-dealkylation sites (N-methyl/N-ethyl adjacent to an activating group) is 1. The molecular formula is C23H33N5O. The topological polar surface area (TPSA) is 68.8 Å². The van der Waals surface area contributed by atoms with Gasteiger partial charge in [-0.15, -0.1) is 0 Å². The van der Waals surface area contributed by atoms with Crippen LogP contribution in [0.15, 0.2) is 65.7 Å². The van der Waals surface area contributed by atoms with E-state index in [2.05, 4.69) is 64.0 Å². The van der Waals surface area contributed by atoms with Crippen molar-refractivity contribution in [2.24, 2.45) is 4.99 Å². The Balaban J connectivity index is 1.85. The molecule has 0 aliphatic rings. The number of hydrogen-bond acceptors (Lipinski definition) is 3. The molecule has 2 rings (SSSR count). The maximum Gasteiger partial charge on any atom is 0.239 e. The number of guanidine groups is 1. The molecule has 0 aliphatic heterocycles. The summed E-state index contributed by atoms with van der Waals surface area (Å²) in [6.45, 7) is 7.67. The predicted molar refractivity (Wildman–Crippen MR) is 120 cm³/mol. The van der Waals surface area contributed by atoms with Crippen LogP contribution in [0.2, 0.25) is 0 Å². The van der Waals surface area contributed by atoms with Gasteiger partial charge in [0.05, 0.1) is 12.6 Å². The molecule has 2 aromatic rings. The van der Waals surface area contributed by atoms with Gasteiger partial charge >= 0.3 is 0 Å². The maximum absolute atomic E-state index is 12.1. The highest BCUT2D eigenvalue weighted by molar-refractivity contribution is 5.86. The molecule has 6 heteroatoms. The first-order chi connectivity index (χ1) is 14.2. The van der Waals surface area contributed by atoms with Gasteiger partial charge < -0.3 is 16.0 Å². The summed E-state index contributed by atoms with van der Waals surface area (Å²) in [5, 5.41) is 9.37. The summed E-state index contributed by atoms with van der Waals surface area (Å²) in [5.41, 5.74) is 2.34. The summed E-state index contributed by atoms with van der Waals surface area (Å²) in [6, 6.07) is 20.6. The molecule has 1 amide bonds. The van der Waals surface area contributed by atoms with Gasteiger partial charge in [-0.3, -0.25) is 14.7 Å². The van der Waals surface area contributed by atoms with Crippen molar-refractivity contribution in [3.05, 3.63) is 71.8 Å². The molecule has 2 aromatic carbocycles. The standard InChI is InChI=1S/C23H33N5O/c1-4-28(5-2)21(20-14-10-7-11-15-20)17-26-23(24-3)27-18-22(29)25-16-19-12-8-6-9-13-19/h6-15,21H,4-5,16-18H2,1-3H3,(H,25,29)(H2,24,26,27). The van der Waals surface area contributed by atoms with E-state index in [4.69, 9.17) is 0 Å². The van der Waals surface area contributed by atoms with Crippen molar-refractivity contribution in [1.82, 2.24) is 20.9 Å². The van der Waals surface area contributed by atoms with Crippen molar-refractivity contribution >= 4 is 11.9 Å². The molecule has 6 nitrogen and oxygen atoms in total. The second-order valence-electron chi connectivity index (χ2n) is 6.72. The van der Waals surface area contributed by atoms with Gasteiger partial charge in [0.25, 0.3) is 0 Å². The Kier molecular flexibility index (Phi) is 9.72. The normalized spacial score (nSPS) is 12.5. The van der Waals surface area contributed by atoms with Crippen LogP contribution >= 0.6 is 0 Å². The molecule has 3 N–H and O–H groups in total. The van der Waals surface area contributed by atoms with E-state index in [1.807, 2.05) is 36.4 Å². The van der Waals surface area contributed by atoms with Crippen LogP contribution in [0.5, 0.6) is 0 Å². The molecule has 0 aromatic heterocycles. The number of nitrogens with zero attached hydrogens (tertiary/aromatic N) is 2. The van der Waals surface area contributed by atoms with Crippen molar-refractivity contribution in [2.45, 2.75) is 26.4 Å². The molecule has 1 atom stereocenters. The average Bonchev–Trinajstić information content (AvgIpc) is 2.78. The van der Waals surface area contributed by atoms with Gasteiger partial charge in [0.15, 0.2) is 5.96 Å². The van der Waals surface area contributed by atoms with Gasteiger partial charge in [-0.05, 0) is 24.2 Å². The zero-order valence-corrected chi connectivity index (χ0v) is 17.7. The molecule has 0 spiro atoms. The van der Waals surface area contributed by atoms with Crippen molar-refractivity contribution in [1.29, 1.82) is 0 Å². The van der Waals surface area contributed by atoms with Gasteiger partial charge in [0, 0.05) is 20.1 Å². The van der Waals surface area contributed by atoms with Gasteiger partial charge in [-0.25, -0.2) is 0 Å². The van der Waals surface area contributed by atoms with Gasteiger partial charge in [0.1, 0.15) is 0 Å². The van der Waals surface area contributed by atoms with Crippen molar-refractivity contribution in [3.8, 4) is 0 Å². The van der Waals surface area contributed by atoms with Crippen LogP contribution in [0.1, 0.15) is 31.0 Å². The van der Waals surface area contributed by atoms with Crippen molar-refractivity contribution in [3.63, 3.8) is 0 Å². The number of carbonyl (C=O) groups excluding carboxylic acids is 1. The smallest absolute Gasteiger partial charge is 0.239 e. The van der Waals surface area contributed by atoms with E-state index < -0.39 is 0 Å². The van der Waals surface area contributed by atoms with E-state index in [0.717, 1.165) is 18.7 Å². The number of aliphatic imine (C=N–C) groups is 1. The Labute approximate surface area is 174 Å². The lowest BCUT2D eigenvalue weighted by molar-refractivity contribution is -0.120. The minimum absolute atomic E-state index is 0.0693. The van der Waals surface area contributed by atoms with Crippen LogP contribution in [0, 0.1) is 0 Å². The summed E-state index contributed by atoms with van der Waals surface area (Å²) in [7, 11) is 1.71. The van der Waals surface area contributed by atoms with E-state index in [1.165, 1.54) is 5.56 Å². The largest absolute Gasteiger partial charge is 0.354 e. The lowest BCUT2D eigenvalue weighted by atomic mass is 10.1. The van der Waals surface area contributed by atoms with E-state index in [0.29, 0.717) is 19.0 Å². The third-order valence-electron chi connectivity index (χ3n) is 4.87. The lowest BCUT2D eigenvalue weighted by Crippen LogP contribution is -2.46. The predicted octanol–water partition coefficient (Wildman–Crippen LogP) is 2.55. The molecular weight excluding hydrogens is 362 g/mol. The molecule has 0 bridgehead atoms. The highest BCUT2D eigenvalue weighted by atomic mass is 16.1. The zero-order chi connectivity index (χ0) is 20.9. The molecule has 0 fully saturated rings. The highest BCUT2D eigenvalue weighted by Gasteiger charge is 2.18. The van der Waals surface area contributed by atoms with Crippen molar-refractivity contribution < 1.29 is 4.79 Å². The molecule has 0 heterocycles. The van der Waals surface area contributed by atoms with Crippen LogP contribution in [0.4, 0.5) is 0 Å². The maximum atomic E-state index is 12.1. The molecule has 0 aliphatic carbocycles. The molecule has 0 saturated heterocycles. The Bertz CT molecular complexity index is 744. The third kappa shape index (κ3) is 7.58. The summed E-state index contributed by atoms with van der Waals surface area (Å²) in [4.78, 5) is 18.8. The van der Waals surface area contributed by atoms with Crippen LogP contribution in [-0.2, 0) is 11.3 Å². The summed E-state index contributed by atoms with van der Waals surface area (Å²) in [5.74, 6) is 0.549. The van der Waals surface area contributed by atoms with E-state index in [-0.39, 0.29) is 18.5 Å². The number of amides is 1. The Morgan fingerprint density at radius 2 is 1.55 bits per heavy atom. The van der Waals surface area contributed by atoms with E-state index >= 15 is 0 Å². The molecule has 1 unspecified atom stereocenters. The van der Waals surface area contributed by atoms with E-state index in [9.17, 15) is 4.79 Å². The summed E-state index contributed by atoms with van der Waals surface area (Å²) in [6.07, 6.45) is 0. The number of benzene rings is 2. The molecule has 156 valence electrons. The van der Waals surface area contributed by atoms with E-state index in [1.54, 1.807) is 7.05 Å². The number of hydrogen-bond donors (Lipinski definition) is 3. The first-order valence-electron chi connectivity index (χ1n) is 10.2. The fourth-order valence-corrected chi connectivity index (χ4v) is 3.23. The van der Waals surface area contributed by atoms with Gasteiger partial charge in [0.2, 0.25) is 5.91 Å². The highest BCUT2D eigenvalue weighted by Crippen LogP contribution is 2.19. The summed E-state index contributed by atoms with van der Waals surface area (Å²) >= 11 is 0. The Morgan fingerprint density at radius 3 is 2.14 bits per heavy atom. The fraction of sp³-hybridized carbons (Fsp3) is 0.391. The van der Waals surface area contributed by atoms with Crippen LogP contribution in [0.25, 0.3) is 0 Å². The number of rotatable bonds is 10. The van der Waals surface area contributed by atoms with Crippen molar-refractivity contribution in [2.75, 3.05) is 33.2 Å². The molecule has 0 saturated carbocycles. The first-order valence-corrected chi connectivity index (χ1v) is 10.2. The van der Waals surface area contributed by atoms with Gasteiger partial charge in [-0.1, -0.05) is 74.5 Å². The SMILES string of the molecule is CCN(CC)C(CNC(=NC)NCC(=O)NCc1ccccc1)c1ccccc1. The minimum atomic E-state index is -0.0693. The monoisotopic (exact) mass is 395 g/mol.